The molecule has 1 N–H and O–H groups in total. The number of hydrogen-bond donors (Lipinski definition) is 1. The van der Waals surface area contributed by atoms with E-state index in [1.54, 1.807) is 19.2 Å². The van der Waals surface area contributed by atoms with E-state index in [-0.39, 0.29) is 18.4 Å². The molecule has 19 heavy (non-hydrogen) atoms. The molecular formula is C13H21ClN2O2S. The van der Waals surface area contributed by atoms with Gasteiger partial charge >= 0.3 is 0 Å². The Labute approximate surface area is 121 Å². The smallest absolute Gasteiger partial charge is 0.243 e. The van der Waals surface area contributed by atoms with Crippen molar-refractivity contribution < 1.29 is 8.42 Å². The van der Waals surface area contributed by atoms with Crippen molar-refractivity contribution in [1.29, 1.82) is 0 Å². The third-order valence-electron chi connectivity index (χ3n) is 3.57. The van der Waals surface area contributed by atoms with Crippen LogP contribution < -0.4 is 5.32 Å². The summed E-state index contributed by atoms with van der Waals surface area (Å²) < 4.78 is 26.7. The summed E-state index contributed by atoms with van der Waals surface area (Å²) in [4.78, 5) is 0.422. The number of nitrogens with one attached hydrogen (secondary N) is 1. The predicted octanol–water partition coefficient (Wildman–Crippen LogP) is 1.79. The monoisotopic (exact) mass is 304 g/mol. The highest BCUT2D eigenvalue weighted by atomic mass is 35.5. The Morgan fingerprint density at radius 3 is 2.37 bits per heavy atom. The lowest BCUT2D eigenvalue weighted by Crippen LogP contribution is -2.44. The second-order valence-electron chi connectivity index (χ2n) is 4.77. The van der Waals surface area contributed by atoms with Crippen LogP contribution in [0.25, 0.3) is 0 Å². The van der Waals surface area contributed by atoms with Crippen LogP contribution in [-0.4, -0.2) is 38.9 Å². The number of rotatable bonds is 3. The van der Waals surface area contributed by atoms with Crippen LogP contribution >= 0.6 is 12.4 Å². The molecule has 0 saturated carbocycles. The van der Waals surface area contributed by atoms with Crippen molar-refractivity contribution in [3.05, 3.63) is 29.8 Å². The van der Waals surface area contributed by atoms with Crippen LogP contribution in [-0.2, 0) is 10.0 Å². The zero-order valence-electron chi connectivity index (χ0n) is 11.3. The van der Waals surface area contributed by atoms with E-state index in [9.17, 15) is 8.42 Å². The second kappa shape index (κ2) is 6.70. The van der Waals surface area contributed by atoms with Gasteiger partial charge < -0.3 is 5.32 Å². The largest absolute Gasteiger partial charge is 0.317 e. The summed E-state index contributed by atoms with van der Waals surface area (Å²) in [6.45, 7) is 3.61. The summed E-state index contributed by atoms with van der Waals surface area (Å²) in [6, 6.07) is 7.26. The summed E-state index contributed by atoms with van der Waals surface area (Å²) in [5, 5.41) is 3.25. The molecule has 1 saturated heterocycles. The highest BCUT2D eigenvalue weighted by molar-refractivity contribution is 7.89. The lowest BCUT2D eigenvalue weighted by atomic mass is 10.1. The van der Waals surface area contributed by atoms with Crippen LogP contribution in [0.5, 0.6) is 0 Å². The number of nitrogens with zero attached hydrogens (tertiary/aromatic N) is 1. The molecule has 1 heterocycles. The molecule has 0 amide bonds. The fourth-order valence-electron chi connectivity index (χ4n) is 2.37. The first-order valence-corrected chi connectivity index (χ1v) is 7.72. The zero-order valence-corrected chi connectivity index (χ0v) is 12.9. The van der Waals surface area contributed by atoms with E-state index >= 15 is 0 Å². The van der Waals surface area contributed by atoms with Gasteiger partial charge in [-0.15, -0.1) is 12.4 Å². The normalized spacial score (nSPS) is 17.2. The highest BCUT2D eigenvalue weighted by Crippen LogP contribution is 2.22. The van der Waals surface area contributed by atoms with Crippen molar-refractivity contribution in [3.8, 4) is 0 Å². The van der Waals surface area contributed by atoms with Crippen LogP contribution in [0.15, 0.2) is 29.2 Å². The van der Waals surface area contributed by atoms with Crippen molar-refractivity contribution >= 4 is 22.4 Å². The minimum Gasteiger partial charge on any atom is -0.317 e. The van der Waals surface area contributed by atoms with Gasteiger partial charge in [-0.2, -0.15) is 4.31 Å². The van der Waals surface area contributed by atoms with Crippen molar-refractivity contribution in [2.45, 2.75) is 30.7 Å². The predicted molar refractivity (Wildman–Crippen MR) is 79.3 cm³/mol. The molecular weight excluding hydrogens is 284 g/mol. The van der Waals surface area contributed by atoms with Gasteiger partial charge in [0.1, 0.15) is 0 Å². The van der Waals surface area contributed by atoms with E-state index < -0.39 is 10.0 Å². The Hall–Kier alpha value is -0.620. The molecule has 0 radical (unpaired) electrons. The molecule has 1 fully saturated rings. The maximum Gasteiger partial charge on any atom is 0.243 e. The van der Waals surface area contributed by atoms with Crippen LogP contribution in [0.4, 0.5) is 0 Å². The number of hydrogen-bond acceptors (Lipinski definition) is 3. The topological polar surface area (TPSA) is 49.4 Å². The molecule has 0 aliphatic carbocycles. The van der Waals surface area contributed by atoms with E-state index in [1.165, 1.54) is 4.31 Å². The first-order valence-electron chi connectivity index (χ1n) is 6.28. The van der Waals surface area contributed by atoms with Crippen LogP contribution in [0.2, 0.25) is 0 Å². The van der Waals surface area contributed by atoms with Crippen LogP contribution in [0, 0.1) is 6.92 Å². The van der Waals surface area contributed by atoms with E-state index in [1.807, 2.05) is 19.1 Å². The lowest BCUT2D eigenvalue weighted by Gasteiger charge is -2.31. The zero-order chi connectivity index (χ0) is 13.2. The second-order valence-corrected chi connectivity index (χ2v) is 6.73. The molecule has 1 aliphatic heterocycles. The van der Waals surface area contributed by atoms with Gasteiger partial charge in [0.2, 0.25) is 10.0 Å². The summed E-state index contributed by atoms with van der Waals surface area (Å²) in [7, 11) is -1.67. The highest BCUT2D eigenvalue weighted by Gasteiger charge is 2.29. The summed E-state index contributed by atoms with van der Waals surface area (Å²) in [5.74, 6) is 0. The SMILES string of the molecule is Cc1ccccc1S(=O)(=O)N(C)C1CCNCC1.Cl. The number of halogens is 1. The fraction of sp³-hybridized carbons (Fsp3) is 0.538. The third kappa shape index (κ3) is 3.48. The lowest BCUT2D eigenvalue weighted by molar-refractivity contribution is 0.296. The molecule has 0 unspecified atom stereocenters. The molecule has 108 valence electrons. The maximum atomic E-state index is 12.6. The van der Waals surface area contributed by atoms with E-state index in [2.05, 4.69) is 5.32 Å². The number of benzene rings is 1. The standard InChI is InChI=1S/C13H20N2O2S.ClH/c1-11-5-3-4-6-13(11)18(16,17)15(2)12-7-9-14-10-8-12;/h3-6,12,14H,7-10H2,1-2H3;1H. The summed E-state index contributed by atoms with van der Waals surface area (Å²) in [5.41, 5.74) is 0.804. The number of piperidine rings is 1. The Kier molecular flexibility index (Phi) is 5.80. The van der Waals surface area contributed by atoms with Gasteiger partial charge in [0.25, 0.3) is 0 Å². The minimum absolute atomic E-state index is 0. The molecule has 1 aliphatic rings. The molecule has 1 aromatic rings. The number of sulfonamides is 1. The Morgan fingerprint density at radius 2 is 1.79 bits per heavy atom. The maximum absolute atomic E-state index is 12.6. The van der Waals surface area contributed by atoms with Gasteiger partial charge in [-0.25, -0.2) is 8.42 Å². The summed E-state index contributed by atoms with van der Waals surface area (Å²) >= 11 is 0. The summed E-state index contributed by atoms with van der Waals surface area (Å²) in [6.07, 6.45) is 1.75. The first kappa shape index (κ1) is 16.4. The van der Waals surface area contributed by atoms with E-state index in [0.717, 1.165) is 31.5 Å². The van der Waals surface area contributed by atoms with Crippen LogP contribution in [0.1, 0.15) is 18.4 Å². The minimum atomic E-state index is -3.36. The molecule has 0 bridgehead atoms. The van der Waals surface area contributed by atoms with Crippen LogP contribution in [0.3, 0.4) is 0 Å². The van der Waals surface area contributed by atoms with Crippen molar-refractivity contribution in [3.63, 3.8) is 0 Å². The molecule has 0 spiro atoms. The Morgan fingerprint density at radius 1 is 1.21 bits per heavy atom. The average Bonchev–Trinajstić information content (AvgIpc) is 2.39. The van der Waals surface area contributed by atoms with Gasteiger partial charge in [-0.1, -0.05) is 18.2 Å². The average molecular weight is 305 g/mol. The van der Waals surface area contributed by atoms with Gasteiger partial charge in [-0.3, -0.25) is 0 Å². The fourth-order valence-corrected chi connectivity index (χ4v) is 4.01. The molecule has 6 heteroatoms. The van der Waals surface area contributed by atoms with Crippen molar-refractivity contribution in [1.82, 2.24) is 9.62 Å². The van der Waals surface area contributed by atoms with Gasteiger partial charge in [0, 0.05) is 13.1 Å². The van der Waals surface area contributed by atoms with Crippen molar-refractivity contribution in [2.75, 3.05) is 20.1 Å². The molecule has 0 aromatic heterocycles. The van der Waals surface area contributed by atoms with E-state index in [0.29, 0.717) is 4.90 Å². The van der Waals surface area contributed by atoms with Crippen molar-refractivity contribution in [2.24, 2.45) is 0 Å². The quantitative estimate of drug-likeness (QED) is 0.926. The Bertz CT molecular complexity index is 513. The number of aryl methyl sites for hydroxylation is 1. The molecule has 4 nitrogen and oxygen atoms in total. The molecule has 2 rings (SSSR count). The van der Waals surface area contributed by atoms with E-state index in [4.69, 9.17) is 0 Å². The third-order valence-corrected chi connectivity index (χ3v) is 5.64. The Balaban J connectivity index is 0.00000180. The van der Waals surface area contributed by atoms with Gasteiger partial charge in [0.05, 0.1) is 4.90 Å². The molecule has 0 atom stereocenters. The molecule has 1 aromatic carbocycles. The van der Waals surface area contributed by atoms with Gasteiger partial charge in [-0.05, 0) is 44.5 Å². The first-order chi connectivity index (χ1) is 8.53. The van der Waals surface area contributed by atoms with Gasteiger partial charge in [0.15, 0.2) is 0 Å².